The molecule has 0 heterocycles. The van der Waals surface area contributed by atoms with E-state index in [2.05, 4.69) is 4.99 Å². The second kappa shape index (κ2) is 4.46. The van der Waals surface area contributed by atoms with Crippen LogP contribution in [0.1, 0.15) is 5.56 Å². The third kappa shape index (κ3) is 3.38. The molecule has 5 heteroatoms. The Morgan fingerprint density at radius 3 is 2.29 bits per heavy atom. The lowest BCUT2D eigenvalue weighted by Crippen LogP contribution is -2.21. The van der Waals surface area contributed by atoms with Crippen molar-refractivity contribution in [1.29, 1.82) is 0 Å². The lowest BCUT2D eigenvalue weighted by Gasteiger charge is -2.07. The second-order valence-electron chi connectivity index (χ2n) is 2.57. The molecule has 1 aromatic carbocycles. The van der Waals surface area contributed by atoms with Crippen LogP contribution in [0, 0.1) is 0 Å². The highest BCUT2D eigenvalue weighted by Gasteiger charge is 2.37. The van der Waals surface area contributed by atoms with Crippen LogP contribution in [-0.2, 0) is 0 Å². The molecule has 0 aliphatic rings. The highest BCUT2D eigenvalue weighted by molar-refractivity contribution is 6.21. The van der Waals surface area contributed by atoms with E-state index in [1.807, 2.05) is 0 Å². The first-order chi connectivity index (χ1) is 6.50. The Hall–Kier alpha value is -1.03. The predicted octanol–water partition coefficient (Wildman–Crippen LogP) is 3.23. The molecule has 0 aliphatic carbocycles. The molecule has 14 heavy (non-hydrogen) atoms. The van der Waals surface area contributed by atoms with Crippen molar-refractivity contribution in [2.24, 2.45) is 4.99 Å². The molecule has 1 rings (SSSR count). The van der Waals surface area contributed by atoms with Crippen molar-refractivity contribution in [3.8, 4) is 0 Å². The summed E-state index contributed by atoms with van der Waals surface area (Å²) in [6.45, 7) is 0. The molecule has 0 aromatic heterocycles. The van der Waals surface area contributed by atoms with Crippen LogP contribution in [0.5, 0.6) is 0 Å². The molecule has 1 aromatic rings. The van der Waals surface area contributed by atoms with Crippen molar-refractivity contribution in [2.75, 3.05) is 0 Å². The standard InChI is InChI=1S/C9H7ClF3N/c10-8(9(11,12)13)14-6-7-4-2-1-3-5-7/h1-6,8H. The molecule has 0 aliphatic heterocycles. The van der Waals surface area contributed by atoms with Gasteiger partial charge in [0.1, 0.15) is 0 Å². The first kappa shape index (κ1) is 11.0. The van der Waals surface area contributed by atoms with Gasteiger partial charge in [0.15, 0.2) is 0 Å². The SMILES string of the molecule is FC(F)(F)C(Cl)N=Cc1ccccc1. The predicted molar refractivity (Wildman–Crippen MR) is 49.7 cm³/mol. The summed E-state index contributed by atoms with van der Waals surface area (Å²) in [5.41, 5.74) is -1.59. The Balaban J connectivity index is 2.66. The minimum absolute atomic E-state index is 0.586. The van der Waals surface area contributed by atoms with Crippen molar-refractivity contribution in [2.45, 2.75) is 11.7 Å². The molecule has 0 spiro atoms. The number of benzene rings is 1. The van der Waals surface area contributed by atoms with Crippen LogP contribution in [0.3, 0.4) is 0 Å². The zero-order valence-electron chi connectivity index (χ0n) is 7.00. The third-order valence-electron chi connectivity index (χ3n) is 1.42. The Labute approximate surface area is 84.2 Å². The van der Waals surface area contributed by atoms with Gasteiger partial charge in [-0.05, 0) is 5.56 Å². The zero-order chi connectivity index (χ0) is 10.6. The first-order valence-corrected chi connectivity index (χ1v) is 4.23. The van der Waals surface area contributed by atoms with Crippen LogP contribution in [0.4, 0.5) is 13.2 Å². The lowest BCUT2D eigenvalue weighted by molar-refractivity contribution is -0.128. The summed E-state index contributed by atoms with van der Waals surface area (Å²) in [4.78, 5) is 3.18. The maximum absolute atomic E-state index is 11.9. The number of halogens is 4. The average Bonchev–Trinajstić information content (AvgIpc) is 2.14. The summed E-state index contributed by atoms with van der Waals surface area (Å²) < 4.78 is 35.7. The number of rotatable bonds is 2. The molecule has 1 unspecified atom stereocenters. The van der Waals surface area contributed by atoms with E-state index in [1.54, 1.807) is 30.3 Å². The number of alkyl halides is 4. The highest BCUT2D eigenvalue weighted by Crippen LogP contribution is 2.25. The highest BCUT2D eigenvalue weighted by atomic mass is 35.5. The number of hydrogen-bond donors (Lipinski definition) is 0. The zero-order valence-corrected chi connectivity index (χ0v) is 7.76. The minimum Gasteiger partial charge on any atom is -0.264 e. The fraction of sp³-hybridized carbons (Fsp3) is 0.222. The molecule has 0 bridgehead atoms. The van der Waals surface area contributed by atoms with Gasteiger partial charge in [-0.2, -0.15) is 13.2 Å². The molecule has 0 N–H and O–H groups in total. The van der Waals surface area contributed by atoms with E-state index in [9.17, 15) is 13.2 Å². The normalized spacial score (nSPS) is 14.6. The van der Waals surface area contributed by atoms with Crippen LogP contribution < -0.4 is 0 Å². The summed E-state index contributed by atoms with van der Waals surface area (Å²) >= 11 is 4.98. The molecule has 0 saturated carbocycles. The van der Waals surface area contributed by atoms with Crippen molar-refractivity contribution in [3.63, 3.8) is 0 Å². The maximum Gasteiger partial charge on any atom is 0.424 e. The Morgan fingerprint density at radius 2 is 1.79 bits per heavy atom. The van der Waals surface area contributed by atoms with Gasteiger partial charge in [0.2, 0.25) is 5.50 Å². The van der Waals surface area contributed by atoms with E-state index in [4.69, 9.17) is 11.6 Å². The lowest BCUT2D eigenvalue weighted by atomic mass is 10.2. The van der Waals surface area contributed by atoms with E-state index in [0.29, 0.717) is 5.56 Å². The minimum atomic E-state index is -4.49. The summed E-state index contributed by atoms with van der Waals surface area (Å²) in [6.07, 6.45) is -3.39. The number of hydrogen-bond acceptors (Lipinski definition) is 1. The molecular formula is C9H7ClF3N. The molecule has 76 valence electrons. The van der Waals surface area contributed by atoms with Crippen LogP contribution in [0.25, 0.3) is 0 Å². The molecule has 0 radical (unpaired) electrons. The monoisotopic (exact) mass is 221 g/mol. The van der Waals surface area contributed by atoms with Gasteiger partial charge in [-0.1, -0.05) is 41.9 Å². The van der Waals surface area contributed by atoms with Crippen molar-refractivity contribution in [3.05, 3.63) is 35.9 Å². The summed E-state index contributed by atoms with van der Waals surface area (Å²) in [6, 6.07) is 8.46. The smallest absolute Gasteiger partial charge is 0.264 e. The van der Waals surface area contributed by atoms with Gasteiger partial charge in [-0.15, -0.1) is 0 Å². The van der Waals surface area contributed by atoms with Crippen LogP contribution in [0.15, 0.2) is 35.3 Å². The number of nitrogens with zero attached hydrogens (tertiary/aromatic N) is 1. The molecular weight excluding hydrogens is 215 g/mol. The summed E-state index contributed by atoms with van der Waals surface area (Å²) in [7, 11) is 0. The third-order valence-corrected chi connectivity index (χ3v) is 1.78. The van der Waals surface area contributed by atoms with Gasteiger partial charge in [-0.3, -0.25) is 4.99 Å². The quantitative estimate of drug-likeness (QED) is 0.413. The van der Waals surface area contributed by atoms with Crippen LogP contribution >= 0.6 is 11.6 Å². The largest absolute Gasteiger partial charge is 0.424 e. The summed E-state index contributed by atoms with van der Waals surface area (Å²) in [5, 5.41) is 0. The average molecular weight is 222 g/mol. The van der Waals surface area contributed by atoms with Crippen molar-refractivity contribution >= 4 is 17.8 Å². The molecule has 1 nitrogen and oxygen atoms in total. The van der Waals surface area contributed by atoms with Gasteiger partial charge in [0, 0.05) is 6.21 Å². The van der Waals surface area contributed by atoms with E-state index >= 15 is 0 Å². The van der Waals surface area contributed by atoms with Crippen LogP contribution in [0.2, 0.25) is 0 Å². The van der Waals surface area contributed by atoms with Gasteiger partial charge in [0.25, 0.3) is 0 Å². The molecule has 1 atom stereocenters. The summed E-state index contributed by atoms with van der Waals surface area (Å²) in [5.74, 6) is 0. The van der Waals surface area contributed by atoms with E-state index in [1.165, 1.54) is 0 Å². The van der Waals surface area contributed by atoms with Gasteiger partial charge in [-0.25, -0.2) is 0 Å². The Kier molecular flexibility index (Phi) is 3.52. The first-order valence-electron chi connectivity index (χ1n) is 3.79. The van der Waals surface area contributed by atoms with E-state index in [0.717, 1.165) is 6.21 Å². The molecule has 0 saturated heterocycles. The van der Waals surface area contributed by atoms with Gasteiger partial charge in [0.05, 0.1) is 0 Å². The second-order valence-corrected chi connectivity index (χ2v) is 2.98. The van der Waals surface area contributed by atoms with Crippen molar-refractivity contribution in [1.82, 2.24) is 0 Å². The topological polar surface area (TPSA) is 12.4 Å². The van der Waals surface area contributed by atoms with E-state index in [-0.39, 0.29) is 0 Å². The Morgan fingerprint density at radius 1 is 1.21 bits per heavy atom. The fourth-order valence-corrected chi connectivity index (χ4v) is 0.831. The Bertz CT molecular complexity index is 308. The molecule has 0 amide bonds. The van der Waals surface area contributed by atoms with Crippen LogP contribution in [-0.4, -0.2) is 17.9 Å². The number of aliphatic imine (C=N–C) groups is 1. The van der Waals surface area contributed by atoms with Gasteiger partial charge < -0.3 is 0 Å². The van der Waals surface area contributed by atoms with Crippen molar-refractivity contribution < 1.29 is 13.2 Å². The van der Waals surface area contributed by atoms with Gasteiger partial charge >= 0.3 is 6.18 Å². The van der Waals surface area contributed by atoms with E-state index < -0.39 is 11.7 Å². The molecule has 0 fully saturated rings. The maximum atomic E-state index is 11.9. The fourth-order valence-electron chi connectivity index (χ4n) is 0.775.